The average molecular weight is 211 g/mol. The highest BCUT2D eigenvalue weighted by Gasteiger charge is 2.14. The molecule has 2 heterocycles. The molecule has 15 heavy (non-hydrogen) atoms. The maximum atomic E-state index is 3.65. The number of rotatable bonds is 4. The van der Waals surface area contributed by atoms with E-state index in [0.717, 1.165) is 6.04 Å². The molecule has 1 atom stereocenters. The van der Waals surface area contributed by atoms with Crippen LogP contribution in [0.25, 0.3) is 0 Å². The fourth-order valence-electron chi connectivity index (χ4n) is 2.62. The van der Waals surface area contributed by atoms with Crippen LogP contribution in [0.2, 0.25) is 0 Å². The summed E-state index contributed by atoms with van der Waals surface area (Å²) in [5.74, 6) is 0. The fourth-order valence-corrected chi connectivity index (χ4v) is 2.62. The zero-order chi connectivity index (χ0) is 10.3. The molecular weight excluding hydrogens is 186 g/mol. The minimum absolute atomic E-state index is 0.733. The van der Waals surface area contributed by atoms with E-state index in [2.05, 4.69) is 15.5 Å². The van der Waals surface area contributed by atoms with Crippen molar-refractivity contribution in [2.45, 2.75) is 38.1 Å². The number of hydrogen-bond acceptors (Lipinski definition) is 3. The van der Waals surface area contributed by atoms with Crippen LogP contribution in [0.3, 0.4) is 0 Å². The first-order chi connectivity index (χ1) is 7.45. The van der Waals surface area contributed by atoms with Crippen LogP contribution in [0.4, 0.5) is 0 Å². The molecule has 0 amide bonds. The van der Waals surface area contributed by atoms with E-state index in [-0.39, 0.29) is 0 Å². The minimum Gasteiger partial charge on any atom is -0.315 e. The summed E-state index contributed by atoms with van der Waals surface area (Å²) in [6, 6.07) is 0.733. The zero-order valence-corrected chi connectivity index (χ0v) is 9.80. The Balaban J connectivity index is 1.55. The SMILES string of the molecule is C1CCCN(CCNC2CCNC2)CC1. The Morgan fingerprint density at radius 1 is 1.13 bits per heavy atom. The molecule has 88 valence electrons. The Morgan fingerprint density at radius 3 is 2.60 bits per heavy atom. The second kappa shape index (κ2) is 6.46. The number of hydrogen-bond donors (Lipinski definition) is 2. The lowest BCUT2D eigenvalue weighted by Crippen LogP contribution is -2.38. The Morgan fingerprint density at radius 2 is 1.93 bits per heavy atom. The molecule has 0 saturated carbocycles. The summed E-state index contributed by atoms with van der Waals surface area (Å²) in [4.78, 5) is 2.63. The van der Waals surface area contributed by atoms with Crippen molar-refractivity contribution in [3.8, 4) is 0 Å². The molecule has 0 aromatic carbocycles. The van der Waals surface area contributed by atoms with Crippen LogP contribution in [0.15, 0.2) is 0 Å². The molecule has 2 N–H and O–H groups in total. The van der Waals surface area contributed by atoms with E-state index in [4.69, 9.17) is 0 Å². The zero-order valence-electron chi connectivity index (χ0n) is 9.80. The minimum atomic E-state index is 0.733. The maximum Gasteiger partial charge on any atom is 0.0205 e. The highest BCUT2D eigenvalue weighted by atomic mass is 15.1. The van der Waals surface area contributed by atoms with Gasteiger partial charge in [-0.05, 0) is 38.9 Å². The molecular formula is C12H25N3. The molecule has 2 aliphatic heterocycles. The van der Waals surface area contributed by atoms with Gasteiger partial charge in [-0.2, -0.15) is 0 Å². The molecule has 0 aromatic rings. The largest absolute Gasteiger partial charge is 0.315 e. The van der Waals surface area contributed by atoms with Gasteiger partial charge in [0.05, 0.1) is 0 Å². The Bertz CT molecular complexity index is 158. The van der Waals surface area contributed by atoms with Crippen LogP contribution in [0.5, 0.6) is 0 Å². The van der Waals surface area contributed by atoms with Crippen LogP contribution in [-0.4, -0.2) is 50.2 Å². The average Bonchev–Trinajstić information content (AvgIpc) is 2.62. The van der Waals surface area contributed by atoms with E-state index in [9.17, 15) is 0 Å². The van der Waals surface area contributed by atoms with Crippen molar-refractivity contribution in [1.82, 2.24) is 15.5 Å². The number of nitrogens with zero attached hydrogens (tertiary/aromatic N) is 1. The summed E-state index contributed by atoms with van der Waals surface area (Å²) < 4.78 is 0. The van der Waals surface area contributed by atoms with Crippen LogP contribution < -0.4 is 10.6 Å². The summed E-state index contributed by atoms with van der Waals surface area (Å²) >= 11 is 0. The third kappa shape index (κ3) is 4.09. The van der Waals surface area contributed by atoms with Gasteiger partial charge in [0.1, 0.15) is 0 Å². The smallest absolute Gasteiger partial charge is 0.0205 e. The first-order valence-electron chi connectivity index (χ1n) is 6.61. The molecule has 2 fully saturated rings. The molecule has 0 aromatic heterocycles. The van der Waals surface area contributed by atoms with E-state index < -0.39 is 0 Å². The van der Waals surface area contributed by atoms with Gasteiger partial charge in [0.25, 0.3) is 0 Å². The molecule has 2 aliphatic rings. The van der Waals surface area contributed by atoms with Gasteiger partial charge in [-0.25, -0.2) is 0 Å². The Labute approximate surface area is 93.6 Å². The highest BCUT2D eigenvalue weighted by Crippen LogP contribution is 2.08. The predicted molar refractivity (Wildman–Crippen MR) is 64.2 cm³/mol. The monoisotopic (exact) mass is 211 g/mol. The topological polar surface area (TPSA) is 27.3 Å². The summed E-state index contributed by atoms with van der Waals surface area (Å²) in [5, 5.41) is 7.04. The van der Waals surface area contributed by atoms with Crippen LogP contribution in [-0.2, 0) is 0 Å². The number of nitrogens with one attached hydrogen (secondary N) is 2. The molecule has 0 bridgehead atoms. The van der Waals surface area contributed by atoms with Gasteiger partial charge in [-0.1, -0.05) is 12.8 Å². The molecule has 0 spiro atoms. The predicted octanol–water partition coefficient (Wildman–Crippen LogP) is 0.814. The molecule has 2 rings (SSSR count). The maximum absolute atomic E-state index is 3.65. The molecule has 1 unspecified atom stereocenters. The summed E-state index contributed by atoms with van der Waals surface area (Å²) in [5.41, 5.74) is 0. The molecule has 3 nitrogen and oxygen atoms in total. The second-order valence-corrected chi connectivity index (χ2v) is 4.90. The van der Waals surface area contributed by atoms with Crippen molar-refractivity contribution >= 4 is 0 Å². The fraction of sp³-hybridized carbons (Fsp3) is 1.00. The van der Waals surface area contributed by atoms with Crippen LogP contribution in [0.1, 0.15) is 32.1 Å². The molecule has 2 saturated heterocycles. The van der Waals surface area contributed by atoms with Crippen molar-refractivity contribution in [2.75, 3.05) is 39.3 Å². The lowest BCUT2D eigenvalue weighted by Gasteiger charge is -2.21. The van der Waals surface area contributed by atoms with Gasteiger partial charge < -0.3 is 15.5 Å². The first-order valence-corrected chi connectivity index (χ1v) is 6.61. The second-order valence-electron chi connectivity index (χ2n) is 4.90. The van der Waals surface area contributed by atoms with Crippen molar-refractivity contribution in [1.29, 1.82) is 0 Å². The van der Waals surface area contributed by atoms with Gasteiger partial charge in [0.15, 0.2) is 0 Å². The van der Waals surface area contributed by atoms with E-state index in [1.54, 1.807) is 0 Å². The van der Waals surface area contributed by atoms with Gasteiger partial charge in [0, 0.05) is 25.7 Å². The summed E-state index contributed by atoms with van der Waals surface area (Å²) in [6.07, 6.45) is 7.00. The third-order valence-electron chi connectivity index (χ3n) is 3.62. The van der Waals surface area contributed by atoms with E-state index in [0.29, 0.717) is 0 Å². The molecule has 0 aliphatic carbocycles. The molecule has 3 heteroatoms. The van der Waals surface area contributed by atoms with Crippen molar-refractivity contribution in [2.24, 2.45) is 0 Å². The van der Waals surface area contributed by atoms with Crippen molar-refractivity contribution in [3.05, 3.63) is 0 Å². The van der Waals surface area contributed by atoms with Gasteiger partial charge in [-0.3, -0.25) is 0 Å². The van der Waals surface area contributed by atoms with Crippen molar-refractivity contribution in [3.63, 3.8) is 0 Å². The van der Waals surface area contributed by atoms with E-state index in [1.807, 2.05) is 0 Å². The highest BCUT2D eigenvalue weighted by molar-refractivity contribution is 4.77. The standard InChI is InChI=1S/C12H25N3/c1-2-4-9-15(8-3-1)10-7-14-12-5-6-13-11-12/h12-14H,1-11H2. The first kappa shape index (κ1) is 11.4. The number of likely N-dealkylation sites (tertiary alicyclic amines) is 1. The Hall–Kier alpha value is -0.120. The van der Waals surface area contributed by atoms with Gasteiger partial charge in [-0.15, -0.1) is 0 Å². The summed E-state index contributed by atoms with van der Waals surface area (Å²) in [6.45, 7) is 7.43. The van der Waals surface area contributed by atoms with Crippen LogP contribution >= 0.6 is 0 Å². The van der Waals surface area contributed by atoms with Gasteiger partial charge in [0.2, 0.25) is 0 Å². The normalized spacial score (nSPS) is 29.2. The van der Waals surface area contributed by atoms with Gasteiger partial charge >= 0.3 is 0 Å². The lowest BCUT2D eigenvalue weighted by molar-refractivity contribution is 0.280. The van der Waals surface area contributed by atoms with Crippen LogP contribution in [0, 0.1) is 0 Å². The van der Waals surface area contributed by atoms with E-state index >= 15 is 0 Å². The quantitative estimate of drug-likeness (QED) is 0.721. The van der Waals surface area contributed by atoms with E-state index in [1.165, 1.54) is 71.4 Å². The third-order valence-corrected chi connectivity index (χ3v) is 3.62. The van der Waals surface area contributed by atoms with Crippen molar-refractivity contribution < 1.29 is 0 Å². The lowest BCUT2D eigenvalue weighted by atomic mass is 10.2. The summed E-state index contributed by atoms with van der Waals surface area (Å²) in [7, 11) is 0. The Kier molecular flexibility index (Phi) is 4.90. The molecule has 0 radical (unpaired) electrons.